The van der Waals surface area contributed by atoms with Crippen LogP contribution in [-0.4, -0.2) is 44.7 Å². The van der Waals surface area contributed by atoms with Crippen molar-refractivity contribution in [2.75, 3.05) is 13.1 Å². The molecule has 0 radical (unpaired) electrons. The van der Waals surface area contributed by atoms with Gasteiger partial charge in [-0.3, -0.25) is 4.79 Å². The van der Waals surface area contributed by atoms with E-state index in [1.54, 1.807) is 12.5 Å². The van der Waals surface area contributed by atoms with Gasteiger partial charge in [-0.25, -0.2) is 4.98 Å². The van der Waals surface area contributed by atoms with Gasteiger partial charge in [0.15, 0.2) is 0 Å². The Labute approximate surface area is 130 Å². The number of aliphatic hydroxyl groups excluding tert-OH is 1. The van der Waals surface area contributed by atoms with Crippen molar-refractivity contribution in [2.24, 2.45) is 5.92 Å². The molecule has 1 aromatic heterocycles. The summed E-state index contributed by atoms with van der Waals surface area (Å²) in [5, 5.41) is 9.63. The van der Waals surface area contributed by atoms with Crippen LogP contribution >= 0.6 is 0 Å². The fourth-order valence-corrected chi connectivity index (χ4v) is 2.96. The lowest BCUT2D eigenvalue weighted by Crippen LogP contribution is -2.40. The molecule has 1 atom stereocenters. The maximum Gasteiger partial charge on any atom is 0.253 e. The molecule has 1 saturated heterocycles. The van der Waals surface area contributed by atoms with Crippen LogP contribution in [0.25, 0.3) is 5.69 Å². The van der Waals surface area contributed by atoms with Gasteiger partial charge in [0.1, 0.15) is 0 Å². The number of amides is 1. The number of carbonyl (C=O) groups is 1. The Morgan fingerprint density at radius 3 is 2.50 bits per heavy atom. The largest absolute Gasteiger partial charge is 0.393 e. The summed E-state index contributed by atoms with van der Waals surface area (Å²) < 4.78 is 1.91. The highest BCUT2D eigenvalue weighted by atomic mass is 16.3. The first-order chi connectivity index (χ1) is 10.6. The van der Waals surface area contributed by atoms with Gasteiger partial charge >= 0.3 is 0 Å². The molecule has 1 aromatic carbocycles. The van der Waals surface area contributed by atoms with E-state index in [0.717, 1.165) is 31.6 Å². The topological polar surface area (TPSA) is 58.4 Å². The van der Waals surface area contributed by atoms with Crippen LogP contribution < -0.4 is 0 Å². The van der Waals surface area contributed by atoms with Crippen molar-refractivity contribution < 1.29 is 9.90 Å². The van der Waals surface area contributed by atoms with E-state index >= 15 is 0 Å². The maximum atomic E-state index is 12.5. The molecular formula is C17H21N3O2. The number of aliphatic hydroxyl groups is 1. The number of piperidine rings is 1. The molecular weight excluding hydrogens is 278 g/mol. The summed E-state index contributed by atoms with van der Waals surface area (Å²) in [4.78, 5) is 18.4. The van der Waals surface area contributed by atoms with Gasteiger partial charge < -0.3 is 14.6 Å². The van der Waals surface area contributed by atoms with Crippen LogP contribution in [0, 0.1) is 5.92 Å². The molecule has 5 nitrogen and oxygen atoms in total. The van der Waals surface area contributed by atoms with Gasteiger partial charge in [0, 0.05) is 36.7 Å². The van der Waals surface area contributed by atoms with Crippen molar-refractivity contribution >= 4 is 5.91 Å². The zero-order valence-corrected chi connectivity index (χ0v) is 12.7. The highest BCUT2D eigenvalue weighted by molar-refractivity contribution is 5.94. The maximum absolute atomic E-state index is 12.5. The van der Waals surface area contributed by atoms with Crippen molar-refractivity contribution in [2.45, 2.75) is 25.9 Å². The highest BCUT2D eigenvalue weighted by Crippen LogP contribution is 2.22. The number of benzene rings is 1. The molecule has 0 aliphatic carbocycles. The van der Waals surface area contributed by atoms with Gasteiger partial charge in [0.05, 0.1) is 12.4 Å². The second-order valence-electron chi connectivity index (χ2n) is 5.89. The second-order valence-corrected chi connectivity index (χ2v) is 5.89. The normalized spacial score (nSPS) is 17.5. The van der Waals surface area contributed by atoms with Gasteiger partial charge in [0.25, 0.3) is 5.91 Å². The van der Waals surface area contributed by atoms with Gasteiger partial charge in [-0.1, -0.05) is 0 Å². The van der Waals surface area contributed by atoms with Gasteiger partial charge in [0.2, 0.25) is 0 Å². The Bertz CT molecular complexity index is 612. The van der Waals surface area contributed by atoms with Crippen LogP contribution in [0.15, 0.2) is 43.0 Å². The van der Waals surface area contributed by atoms with Gasteiger partial charge in [-0.15, -0.1) is 0 Å². The molecule has 1 N–H and O–H groups in total. The van der Waals surface area contributed by atoms with Crippen molar-refractivity contribution in [3.8, 4) is 5.69 Å². The third kappa shape index (κ3) is 3.04. The predicted octanol–water partition coefficient (Wildman–Crippen LogP) is 2.11. The summed E-state index contributed by atoms with van der Waals surface area (Å²) in [7, 11) is 0. The number of aromatic nitrogens is 2. The van der Waals surface area contributed by atoms with Crippen molar-refractivity contribution in [1.29, 1.82) is 0 Å². The van der Waals surface area contributed by atoms with Crippen molar-refractivity contribution in [3.05, 3.63) is 48.5 Å². The molecule has 1 unspecified atom stereocenters. The lowest BCUT2D eigenvalue weighted by atomic mass is 9.92. The van der Waals surface area contributed by atoms with Crippen LogP contribution in [-0.2, 0) is 0 Å². The number of carbonyl (C=O) groups excluding carboxylic acids is 1. The fourth-order valence-electron chi connectivity index (χ4n) is 2.96. The van der Waals surface area contributed by atoms with Crippen LogP contribution in [0.3, 0.4) is 0 Å². The highest BCUT2D eigenvalue weighted by Gasteiger charge is 2.25. The van der Waals surface area contributed by atoms with Crippen LogP contribution in [0.5, 0.6) is 0 Å². The summed E-state index contributed by atoms with van der Waals surface area (Å²) in [5.41, 5.74) is 1.70. The standard InChI is InChI=1S/C17H21N3O2/c1-13(21)14-6-9-19(10-7-14)17(22)15-2-4-16(5-3-15)20-11-8-18-12-20/h2-5,8,11-14,21H,6-7,9-10H2,1H3. The molecule has 0 saturated carbocycles. The number of hydrogen-bond acceptors (Lipinski definition) is 3. The first kappa shape index (κ1) is 14.8. The van der Waals surface area contributed by atoms with E-state index < -0.39 is 0 Å². The third-order valence-electron chi connectivity index (χ3n) is 4.43. The monoisotopic (exact) mass is 299 g/mol. The smallest absolute Gasteiger partial charge is 0.253 e. The first-order valence-corrected chi connectivity index (χ1v) is 7.71. The fraction of sp³-hybridized carbons (Fsp3) is 0.412. The Morgan fingerprint density at radius 1 is 1.27 bits per heavy atom. The van der Waals surface area contributed by atoms with E-state index in [0.29, 0.717) is 11.5 Å². The SMILES string of the molecule is CC(O)C1CCN(C(=O)c2ccc(-n3ccnc3)cc2)CC1. The van der Waals surface area contributed by atoms with E-state index in [-0.39, 0.29) is 12.0 Å². The average molecular weight is 299 g/mol. The molecule has 1 fully saturated rings. The number of likely N-dealkylation sites (tertiary alicyclic amines) is 1. The third-order valence-corrected chi connectivity index (χ3v) is 4.43. The number of nitrogens with zero attached hydrogens (tertiary/aromatic N) is 3. The lowest BCUT2D eigenvalue weighted by Gasteiger charge is -2.33. The molecule has 0 spiro atoms. The molecule has 1 aliphatic heterocycles. The first-order valence-electron chi connectivity index (χ1n) is 7.71. The van der Waals surface area contributed by atoms with E-state index in [9.17, 15) is 9.90 Å². The van der Waals surface area contributed by atoms with Gasteiger partial charge in [-0.2, -0.15) is 0 Å². The molecule has 1 amide bonds. The summed E-state index contributed by atoms with van der Waals surface area (Å²) in [6.45, 7) is 3.27. The van der Waals surface area contributed by atoms with E-state index in [1.807, 2.05) is 46.9 Å². The molecule has 5 heteroatoms. The Hall–Kier alpha value is -2.14. The minimum absolute atomic E-state index is 0.0706. The predicted molar refractivity (Wildman–Crippen MR) is 83.9 cm³/mol. The second kappa shape index (κ2) is 6.32. The summed E-state index contributed by atoms with van der Waals surface area (Å²) in [6, 6.07) is 7.58. The van der Waals surface area contributed by atoms with Crippen LogP contribution in [0.1, 0.15) is 30.1 Å². The van der Waals surface area contributed by atoms with E-state index in [2.05, 4.69) is 4.98 Å². The summed E-state index contributed by atoms with van der Waals surface area (Å²) >= 11 is 0. The summed E-state index contributed by atoms with van der Waals surface area (Å²) in [5.74, 6) is 0.383. The Kier molecular flexibility index (Phi) is 4.24. The molecule has 0 bridgehead atoms. The van der Waals surface area contributed by atoms with Crippen molar-refractivity contribution in [3.63, 3.8) is 0 Å². The molecule has 116 valence electrons. The summed E-state index contributed by atoms with van der Waals surface area (Å²) in [6.07, 6.45) is 6.79. The number of imidazole rings is 1. The number of hydrogen-bond donors (Lipinski definition) is 1. The molecule has 22 heavy (non-hydrogen) atoms. The van der Waals surface area contributed by atoms with E-state index in [1.165, 1.54) is 0 Å². The number of rotatable bonds is 3. The zero-order chi connectivity index (χ0) is 15.5. The van der Waals surface area contributed by atoms with Crippen LogP contribution in [0.4, 0.5) is 0 Å². The molecule has 1 aliphatic rings. The average Bonchev–Trinajstić information content (AvgIpc) is 3.09. The molecule has 2 aromatic rings. The minimum atomic E-state index is -0.285. The van der Waals surface area contributed by atoms with Crippen LogP contribution in [0.2, 0.25) is 0 Å². The Morgan fingerprint density at radius 2 is 1.95 bits per heavy atom. The Balaban J connectivity index is 1.66. The molecule has 2 heterocycles. The van der Waals surface area contributed by atoms with E-state index in [4.69, 9.17) is 0 Å². The zero-order valence-electron chi connectivity index (χ0n) is 12.7. The minimum Gasteiger partial charge on any atom is -0.393 e. The van der Waals surface area contributed by atoms with Gasteiger partial charge in [-0.05, 0) is 49.9 Å². The van der Waals surface area contributed by atoms with Crippen molar-refractivity contribution in [1.82, 2.24) is 14.5 Å². The lowest BCUT2D eigenvalue weighted by molar-refractivity contribution is 0.0521. The quantitative estimate of drug-likeness (QED) is 0.944. The molecule has 3 rings (SSSR count).